The topological polar surface area (TPSA) is 59.9 Å². The van der Waals surface area contributed by atoms with Crippen molar-refractivity contribution in [1.29, 1.82) is 0 Å². The summed E-state index contributed by atoms with van der Waals surface area (Å²) in [5, 5.41) is 3.74. The Bertz CT molecular complexity index is 1040. The lowest BCUT2D eigenvalue weighted by molar-refractivity contribution is 0.122. The molecule has 1 N–H and O–H groups in total. The highest BCUT2D eigenvalue weighted by molar-refractivity contribution is 14.1. The number of nitrogens with zero attached hydrogens (tertiary/aromatic N) is 3. The number of nitrogens with one attached hydrogen (secondary N) is 1. The Kier molecular flexibility index (Phi) is 5.64. The predicted octanol–water partition coefficient (Wildman–Crippen LogP) is 5.45. The third-order valence-electron chi connectivity index (χ3n) is 4.29. The third kappa shape index (κ3) is 3.98. The van der Waals surface area contributed by atoms with E-state index in [2.05, 4.69) is 20.3 Å². The van der Waals surface area contributed by atoms with E-state index in [0.717, 1.165) is 34.2 Å². The van der Waals surface area contributed by atoms with Crippen LogP contribution < -0.4 is 10.1 Å². The number of aryl methyl sites for hydroxylation is 2. The van der Waals surface area contributed by atoms with E-state index in [1.807, 2.05) is 13.0 Å². The average Bonchev–Trinajstić information content (AvgIpc) is 2.60. The van der Waals surface area contributed by atoms with Crippen LogP contribution in [0.15, 0.2) is 24.3 Å². The molecular weight excluding hydrogens is 484 g/mol. The highest BCUT2D eigenvalue weighted by atomic mass is 127. The molecule has 0 bridgehead atoms. The van der Waals surface area contributed by atoms with Gasteiger partial charge in [-0.15, -0.1) is 0 Å². The van der Waals surface area contributed by atoms with Crippen molar-refractivity contribution in [1.82, 2.24) is 15.0 Å². The molecule has 1 aromatic carbocycles. The minimum absolute atomic E-state index is 0.122. The van der Waals surface area contributed by atoms with Crippen LogP contribution in [-0.2, 0) is 3.93 Å². The minimum atomic E-state index is -3.30. The molecule has 0 radical (unpaired) electrons. The molecule has 148 valence electrons. The summed E-state index contributed by atoms with van der Waals surface area (Å²) >= 11 is 0.923. The van der Waals surface area contributed by atoms with Gasteiger partial charge in [-0.2, -0.15) is 13.8 Å². The van der Waals surface area contributed by atoms with Gasteiger partial charge in [0, 0.05) is 33.7 Å². The second kappa shape index (κ2) is 7.69. The molecular formula is C19H18F3IN4O. The maximum atomic E-state index is 14.7. The number of anilines is 1. The highest BCUT2D eigenvalue weighted by Crippen LogP contribution is 2.39. The summed E-state index contributed by atoms with van der Waals surface area (Å²) in [6, 6.07) is 5.18. The van der Waals surface area contributed by atoms with Crippen molar-refractivity contribution in [2.24, 2.45) is 0 Å². The summed E-state index contributed by atoms with van der Waals surface area (Å²) in [6.45, 7) is 5.23. The first-order valence-corrected chi connectivity index (χ1v) is 9.51. The molecule has 0 aliphatic heterocycles. The Hall–Kier alpha value is -2.17. The zero-order valence-corrected chi connectivity index (χ0v) is 17.8. The van der Waals surface area contributed by atoms with Gasteiger partial charge in [0.1, 0.15) is 17.5 Å². The molecule has 3 aromatic rings. The number of aromatic nitrogens is 3. The monoisotopic (exact) mass is 502 g/mol. The maximum absolute atomic E-state index is 14.7. The first kappa shape index (κ1) is 20.6. The van der Waals surface area contributed by atoms with Crippen LogP contribution in [0.3, 0.4) is 0 Å². The fourth-order valence-corrected chi connectivity index (χ4v) is 3.37. The van der Waals surface area contributed by atoms with Crippen LogP contribution in [0.25, 0.3) is 11.0 Å². The average molecular weight is 502 g/mol. The van der Waals surface area contributed by atoms with E-state index < -0.39 is 21.4 Å². The molecule has 2 heterocycles. The molecule has 0 aliphatic rings. The molecule has 0 amide bonds. The van der Waals surface area contributed by atoms with Crippen molar-refractivity contribution in [3.05, 3.63) is 52.6 Å². The SMILES string of the molecule is COc1nc2nc(C)nc(N[C@H](C)c3cccc(C(F)(F)I)c3F)c2cc1C. The summed E-state index contributed by atoms with van der Waals surface area (Å²) < 4.78 is 43.9. The van der Waals surface area contributed by atoms with E-state index in [-0.39, 0.29) is 5.56 Å². The number of fused-ring (bicyclic) bond motifs is 1. The van der Waals surface area contributed by atoms with E-state index in [4.69, 9.17) is 4.74 Å². The number of alkyl halides is 3. The standard InChI is InChI=1S/C19H18F3IN4O/c1-9-8-13-16(25-11(3)26-17(13)27-18(9)28-4)24-10(2)12-6-5-7-14(15(12)20)19(21,22)23/h5-8,10H,1-4H3,(H,24,25,26,27)/t10-/m1/s1. The van der Waals surface area contributed by atoms with E-state index in [1.165, 1.54) is 19.2 Å². The van der Waals surface area contributed by atoms with E-state index in [0.29, 0.717) is 28.6 Å². The summed E-state index contributed by atoms with van der Waals surface area (Å²) in [4.78, 5) is 13.1. The number of methoxy groups -OCH3 is 1. The fourth-order valence-electron chi connectivity index (χ4n) is 2.95. The zero-order chi connectivity index (χ0) is 20.6. The molecule has 0 saturated carbocycles. The van der Waals surface area contributed by atoms with Crippen LogP contribution in [0, 0.1) is 19.7 Å². The summed E-state index contributed by atoms with van der Waals surface area (Å²) in [7, 11) is 1.52. The lowest BCUT2D eigenvalue weighted by Gasteiger charge is -2.20. The number of pyridine rings is 1. The van der Waals surface area contributed by atoms with Gasteiger partial charge in [0.2, 0.25) is 5.88 Å². The van der Waals surface area contributed by atoms with Gasteiger partial charge in [0.25, 0.3) is 0 Å². The molecule has 0 aliphatic carbocycles. The first-order valence-electron chi connectivity index (χ1n) is 8.44. The Labute approximate surface area is 173 Å². The molecule has 28 heavy (non-hydrogen) atoms. The van der Waals surface area contributed by atoms with Gasteiger partial charge in [0.05, 0.1) is 24.1 Å². The van der Waals surface area contributed by atoms with Gasteiger partial charge >= 0.3 is 3.93 Å². The van der Waals surface area contributed by atoms with Crippen LogP contribution in [0.2, 0.25) is 0 Å². The maximum Gasteiger partial charge on any atom is 0.324 e. The van der Waals surface area contributed by atoms with Crippen LogP contribution in [-0.4, -0.2) is 22.1 Å². The quantitative estimate of drug-likeness (QED) is 0.372. The lowest BCUT2D eigenvalue weighted by Crippen LogP contribution is -2.14. The third-order valence-corrected chi connectivity index (χ3v) is 4.87. The Morgan fingerprint density at radius 3 is 2.54 bits per heavy atom. The number of rotatable bonds is 5. The molecule has 0 fully saturated rings. The molecule has 0 saturated heterocycles. The summed E-state index contributed by atoms with van der Waals surface area (Å²) in [6.07, 6.45) is 0. The molecule has 9 heteroatoms. The molecule has 1 atom stereocenters. The van der Waals surface area contributed by atoms with Gasteiger partial charge in [0.15, 0.2) is 5.65 Å². The van der Waals surface area contributed by atoms with E-state index in [9.17, 15) is 13.2 Å². The summed E-state index contributed by atoms with van der Waals surface area (Å²) in [5.41, 5.74) is 0.690. The largest absolute Gasteiger partial charge is 0.481 e. The molecule has 2 aromatic heterocycles. The number of halogens is 4. The van der Waals surface area contributed by atoms with Gasteiger partial charge in [-0.1, -0.05) is 12.1 Å². The molecule has 0 unspecified atom stereocenters. The van der Waals surface area contributed by atoms with Crippen LogP contribution in [0.5, 0.6) is 5.88 Å². The summed E-state index contributed by atoms with van der Waals surface area (Å²) in [5.74, 6) is 0.425. The Morgan fingerprint density at radius 1 is 1.18 bits per heavy atom. The highest BCUT2D eigenvalue weighted by Gasteiger charge is 2.32. The van der Waals surface area contributed by atoms with Crippen LogP contribution >= 0.6 is 22.6 Å². The number of ether oxygens (including phenoxy) is 1. The van der Waals surface area contributed by atoms with Gasteiger partial charge in [-0.25, -0.2) is 14.4 Å². The number of hydrogen-bond acceptors (Lipinski definition) is 5. The zero-order valence-electron chi connectivity index (χ0n) is 15.6. The number of benzene rings is 1. The van der Waals surface area contributed by atoms with Gasteiger partial charge < -0.3 is 10.1 Å². The fraction of sp³-hybridized carbons (Fsp3) is 0.316. The normalized spacial score (nSPS) is 12.9. The molecule has 5 nitrogen and oxygen atoms in total. The van der Waals surface area contributed by atoms with Crippen LogP contribution in [0.4, 0.5) is 19.0 Å². The molecule has 3 rings (SSSR count). The van der Waals surface area contributed by atoms with Crippen LogP contribution in [0.1, 0.15) is 35.5 Å². The number of hydrogen-bond donors (Lipinski definition) is 1. The van der Waals surface area contributed by atoms with Gasteiger partial charge in [-0.3, -0.25) is 0 Å². The second-order valence-electron chi connectivity index (χ2n) is 6.38. The van der Waals surface area contributed by atoms with Gasteiger partial charge in [-0.05, 0) is 32.9 Å². The second-order valence-corrected chi connectivity index (χ2v) is 7.73. The van der Waals surface area contributed by atoms with Crippen molar-refractivity contribution in [2.45, 2.75) is 30.7 Å². The lowest BCUT2D eigenvalue weighted by atomic mass is 10.0. The van der Waals surface area contributed by atoms with E-state index in [1.54, 1.807) is 13.8 Å². The van der Waals surface area contributed by atoms with Crippen molar-refractivity contribution in [3.8, 4) is 5.88 Å². The van der Waals surface area contributed by atoms with E-state index >= 15 is 0 Å². The van der Waals surface area contributed by atoms with Crippen molar-refractivity contribution in [2.75, 3.05) is 12.4 Å². The first-order chi connectivity index (χ1) is 13.1. The van der Waals surface area contributed by atoms with Crippen molar-refractivity contribution < 1.29 is 17.9 Å². The molecule has 0 spiro atoms. The Morgan fingerprint density at radius 2 is 1.89 bits per heavy atom. The van der Waals surface area contributed by atoms with Crippen molar-refractivity contribution >= 4 is 39.4 Å². The smallest absolute Gasteiger partial charge is 0.324 e. The van der Waals surface area contributed by atoms with Crippen molar-refractivity contribution in [3.63, 3.8) is 0 Å². The Balaban J connectivity index is 2.05. The minimum Gasteiger partial charge on any atom is -0.481 e. The predicted molar refractivity (Wildman–Crippen MR) is 110 cm³/mol.